The molecule has 2 aromatic heterocycles. The van der Waals surface area contributed by atoms with Crippen molar-refractivity contribution in [3.05, 3.63) is 48.2 Å². The van der Waals surface area contributed by atoms with Crippen molar-refractivity contribution in [1.29, 1.82) is 0 Å². The Hall–Kier alpha value is -2.97. The van der Waals surface area contributed by atoms with Gasteiger partial charge in [-0.3, -0.25) is 0 Å². The molecular weight excluding hydrogens is 316 g/mol. The fourth-order valence-corrected chi connectivity index (χ4v) is 2.11. The van der Waals surface area contributed by atoms with Gasteiger partial charge in [0.1, 0.15) is 17.8 Å². The summed E-state index contributed by atoms with van der Waals surface area (Å²) in [5.41, 5.74) is 4.07. The van der Waals surface area contributed by atoms with Gasteiger partial charge < -0.3 is 10.3 Å². The molecular formula is C14H8F4N4O. The van der Waals surface area contributed by atoms with Crippen molar-refractivity contribution < 1.29 is 22.1 Å². The Morgan fingerprint density at radius 3 is 2.57 bits per heavy atom. The molecule has 23 heavy (non-hydrogen) atoms. The number of alkyl halides is 3. The first-order valence-corrected chi connectivity index (χ1v) is 6.27. The zero-order valence-electron chi connectivity index (χ0n) is 11.3. The Bertz CT molecular complexity index is 846. The molecule has 0 bridgehead atoms. The van der Waals surface area contributed by atoms with Gasteiger partial charge in [0.25, 0.3) is 0 Å². The molecule has 2 heterocycles. The molecule has 3 rings (SSSR count). The molecule has 2 N–H and O–H groups in total. The highest BCUT2D eigenvalue weighted by molar-refractivity contribution is 5.85. The summed E-state index contributed by atoms with van der Waals surface area (Å²) in [6.07, 6.45) is -2.21. The molecule has 0 saturated heterocycles. The zero-order valence-corrected chi connectivity index (χ0v) is 11.3. The first-order chi connectivity index (χ1) is 10.9. The highest BCUT2D eigenvalue weighted by Crippen LogP contribution is 2.39. The first-order valence-electron chi connectivity index (χ1n) is 6.27. The minimum absolute atomic E-state index is 0.102. The molecule has 0 saturated carbocycles. The maximum Gasteiger partial charge on any atom is 0.419 e. The standard InChI is InChI=1S/C14H8F4N4O/c15-11-7(2-1-3-8(11)14(16,17)18)12-10(13(19)23-22-12)9-4-5-20-6-21-9/h1-6H,19H2. The number of hydrogen-bond acceptors (Lipinski definition) is 5. The number of anilines is 1. The van der Waals surface area contributed by atoms with E-state index in [0.29, 0.717) is 6.07 Å². The van der Waals surface area contributed by atoms with Gasteiger partial charge in [-0.1, -0.05) is 11.2 Å². The van der Waals surface area contributed by atoms with Crippen LogP contribution in [-0.4, -0.2) is 15.1 Å². The molecule has 5 nitrogen and oxygen atoms in total. The predicted molar refractivity (Wildman–Crippen MR) is 72.3 cm³/mol. The SMILES string of the molecule is Nc1onc(-c2cccc(C(F)(F)F)c2F)c1-c1ccncn1. The first kappa shape index (κ1) is 14.9. The third-order valence-corrected chi connectivity index (χ3v) is 3.12. The van der Waals surface area contributed by atoms with Crippen LogP contribution in [0.25, 0.3) is 22.5 Å². The summed E-state index contributed by atoms with van der Waals surface area (Å²) in [7, 11) is 0. The summed E-state index contributed by atoms with van der Waals surface area (Å²) in [6.45, 7) is 0. The fourth-order valence-electron chi connectivity index (χ4n) is 2.11. The third-order valence-electron chi connectivity index (χ3n) is 3.12. The number of hydrogen-bond donors (Lipinski definition) is 1. The number of nitrogens with two attached hydrogens (primary N) is 1. The lowest BCUT2D eigenvalue weighted by atomic mass is 10.0. The second-order valence-electron chi connectivity index (χ2n) is 4.53. The Labute approximate surface area is 126 Å². The minimum atomic E-state index is -4.83. The van der Waals surface area contributed by atoms with Crippen molar-refractivity contribution in [3.63, 3.8) is 0 Å². The quantitative estimate of drug-likeness (QED) is 0.730. The van der Waals surface area contributed by atoms with Crippen molar-refractivity contribution in [2.24, 2.45) is 0 Å². The molecule has 3 aromatic rings. The maximum absolute atomic E-state index is 14.3. The highest BCUT2D eigenvalue weighted by atomic mass is 19.4. The van der Waals surface area contributed by atoms with Gasteiger partial charge in [0.2, 0.25) is 5.88 Å². The van der Waals surface area contributed by atoms with E-state index in [-0.39, 0.29) is 28.4 Å². The molecule has 0 aliphatic rings. The molecule has 0 atom stereocenters. The van der Waals surface area contributed by atoms with Gasteiger partial charge in [0.15, 0.2) is 0 Å². The van der Waals surface area contributed by atoms with Crippen LogP contribution in [-0.2, 0) is 6.18 Å². The second kappa shape index (κ2) is 5.34. The van der Waals surface area contributed by atoms with E-state index in [1.165, 1.54) is 18.6 Å². The van der Waals surface area contributed by atoms with Crippen LogP contribution in [0.2, 0.25) is 0 Å². The summed E-state index contributed by atoms with van der Waals surface area (Å²) in [6, 6.07) is 4.34. The van der Waals surface area contributed by atoms with E-state index < -0.39 is 17.6 Å². The van der Waals surface area contributed by atoms with Crippen molar-refractivity contribution in [2.75, 3.05) is 5.73 Å². The average Bonchev–Trinajstić information content (AvgIpc) is 2.89. The van der Waals surface area contributed by atoms with E-state index in [2.05, 4.69) is 15.1 Å². The van der Waals surface area contributed by atoms with Crippen molar-refractivity contribution >= 4 is 5.88 Å². The van der Waals surface area contributed by atoms with Gasteiger partial charge in [0.05, 0.1) is 16.8 Å². The average molecular weight is 324 g/mol. The molecule has 0 aliphatic carbocycles. The Balaban J connectivity index is 2.23. The van der Waals surface area contributed by atoms with Crippen LogP contribution in [0.4, 0.5) is 23.4 Å². The molecule has 0 aliphatic heterocycles. The van der Waals surface area contributed by atoms with E-state index in [9.17, 15) is 17.6 Å². The van der Waals surface area contributed by atoms with Crippen LogP contribution in [0.1, 0.15) is 5.56 Å². The monoisotopic (exact) mass is 324 g/mol. The largest absolute Gasteiger partial charge is 0.419 e. The second-order valence-corrected chi connectivity index (χ2v) is 4.53. The number of nitrogen functional groups attached to an aromatic ring is 1. The van der Waals surface area contributed by atoms with Crippen molar-refractivity contribution in [3.8, 4) is 22.5 Å². The highest BCUT2D eigenvalue weighted by Gasteiger charge is 2.36. The summed E-state index contributed by atoms with van der Waals surface area (Å²) in [4.78, 5) is 7.66. The lowest BCUT2D eigenvalue weighted by Gasteiger charge is -2.10. The molecule has 0 spiro atoms. The number of rotatable bonds is 2. The minimum Gasteiger partial charge on any atom is -0.367 e. The van der Waals surface area contributed by atoms with Crippen molar-refractivity contribution in [1.82, 2.24) is 15.1 Å². The molecule has 118 valence electrons. The van der Waals surface area contributed by atoms with Crippen LogP contribution in [0.5, 0.6) is 0 Å². The van der Waals surface area contributed by atoms with Crippen LogP contribution >= 0.6 is 0 Å². The van der Waals surface area contributed by atoms with E-state index in [1.54, 1.807) is 0 Å². The van der Waals surface area contributed by atoms with Gasteiger partial charge in [-0.15, -0.1) is 0 Å². The third kappa shape index (κ3) is 2.60. The number of aromatic nitrogens is 3. The van der Waals surface area contributed by atoms with Crippen molar-refractivity contribution in [2.45, 2.75) is 6.18 Å². The van der Waals surface area contributed by atoms with Gasteiger partial charge in [0, 0.05) is 11.8 Å². The van der Waals surface area contributed by atoms with Crippen LogP contribution in [0, 0.1) is 5.82 Å². The molecule has 0 fully saturated rings. The zero-order chi connectivity index (χ0) is 16.6. The molecule has 0 radical (unpaired) electrons. The van der Waals surface area contributed by atoms with Gasteiger partial charge in [-0.2, -0.15) is 13.2 Å². The topological polar surface area (TPSA) is 77.8 Å². The molecule has 9 heteroatoms. The van der Waals surface area contributed by atoms with Crippen LogP contribution in [0.3, 0.4) is 0 Å². The van der Waals surface area contributed by atoms with Gasteiger partial charge in [-0.05, 0) is 18.2 Å². The molecule has 1 aromatic carbocycles. The van der Waals surface area contributed by atoms with Gasteiger partial charge >= 0.3 is 6.18 Å². The molecule has 0 amide bonds. The van der Waals surface area contributed by atoms with E-state index >= 15 is 0 Å². The number of nitrogens with zero attached hydrogens (tertiary/aromatic N) is 3. The summed E-state index contributed by atoms with van der Waals surface area (Å²) < 4.78 is 57.6. The lowest BCUT2D eigenvalue weighted by molar-refractivity contribution is -0.139. The number of halogens is 4. The maximum atomic E-state index is 14.3. The predicted octanol–water partition coefficient (Wildman–Crippen LogP) is 3.54. The van der Waals surface area contributed by atoms with E-state index in [4.69, 9.17) is 10.3 Å². The normalized spacial score (nSPS) is 11.7. The Morgan fingerprint density at radius 2 is 1.91 bits per heavy atom. The fraction of sp³-hybridized carbons (Fsp3) is 0.0714. The smallest absolute Gasteiger partial charge is 0.367 e. The Kier molecular flexibility index (Phi) is 3.47. The summed E-state index contributed by atoms with van der Waals surface area (Å²) in [5.74, 6) is -1.64. The number of benzene rings is 1. The summed E-state index contributed by atoms with van der Waals surface area (Å²) in [5, 5.41) is 3.58. The van der Waals surface area contributed by atoms with E-state index in [0.717, 1.165) is 12.1 Å². The van der Waals surface area contributed by atoms with Crippen LogP contribution in [0.15, 0.2) is 41.3 Å². The van der Waals surface area contributed by atoms with E-state index in [1.807, 2.05) is 0 Å². The Morgan fingerprint density at radius 1 is 1.13 bits per heavy atom. The summed E-state index contributed by atoms with van der Waals surface area (Å²) >= 11 is 0. The lowest BCUT2D eigenvalue weighted by Crippen LogP contribution is -2.09. The van der Waals surface area contributed by atoms with Crippen LogP contribution < -0.4 is 5.73 Å². The molecule has 0 unspecified atom stereocenters. The van der Waals surface area contributed by atoms with Gasteiger partial charge in [-0.25, -0.2) is 14.4 Å².